The lowest BCUT2D eigenvalue weighted by Gasteiger charge is -2.18. The maximum absolute atomic E-state index is 11.3. The number of aryl methyl sites for hydroxylation is 1. The lowest BCUT2D eigenvalue weighted by molar-refractivity contribution is -0.114. The van der Waals surface area contributed by atoms with Crippen molar-refractivity contribution in [2.45, 2.75) is 13.8 Å². The second-order valence-electron chi connectivity index (χ2n) is 8.51. The largest absolute Gasteiger partial charge is 0.378 e. The summed E-state index contributed by atoms with van der Waals surface area (Å²) in [5.41, 5.74) is 8.13. The van der Waals surface area contributed by atoms with Gasteiger partial charge in [0.2, 0.25) is 5.91 Å². The molecule has 0 bridgehead atoms. The van der Waals surface area contributed by atoms with Gasteiger partial charge in [0, 0.05) is 43.8 Å². The Balaban J connectivity index is 1.64. The lowest BCUT2D eigenvalue weighted by Crippen LogP contribution is -2.19. The van der Waals surface area contributed by atoms with E-state index in [0.717, 1.165) is 51.1 Å². The summed E-state index contributed by atoms with van der Waals surface area (Å²) in [6, 6.07) is 23.7. The van der Waals surface area contributed by atoms with E-state index < -0.39 is 0 Å². The maximum Gasteiger partial charge on any atom is 0.221 e. The van der Waals surface area contributed by atoms with Crippen LogP contribution >= 0.6 is 0 Å². The van der Waals surface area contributed by atoms with Crippen LogP contribution in [0.15, 0.2) is 107 Å². The van der Waals surface area contributed by atoms with Crippen molar-refractivity contribution < 1.29 is 4.79 Å². The van der Waals surface area contributed by atoms with Gasteiger partial charge in [0.05, 0.1) is 22.8 Å². The molecule has 4 rings (SSSR count). The summed E-state index contributed by atoms with van der Waals surface area (Å²) in [6.45, 7) is 3.55. The third-order valence-electron chi connectivity index (χ3n) is 5.41. The average molecular weight is 464 g/mol. The summed E-state index contributed by atoms with van der Waals surface area (Å²) in [4.78, 5) is 23.1. The van der Waals surface area contributed by atoms with E-state index in [1.54, 1.807) is 0 Å². The van der Waals surface area contributed by atoms with Gasteiger partial charge in [-0.3, -0.25) is 4.79 Å². The zero-order chi connectivity index (χ0) is 24.8. The number of nitrogens with zero attached hydrogens (tertiary/aromatic N) is 3. The van der Waals surface area contributed by atoms with Crippen LogP contribution in [0.2, 0.25) is 0 Å². The van der Waals surface area contributed by atoms with Crippen LogP contribution in [0.4, 0.5) is 28.4 Å². The predicted molar refractivity (Wildman–Crippen MR) is 147 cm³/mol. The number of aliphatic imine (C=N–C) groups is 2. The van der Waals surface area contributed by atoms with Crippen LogP contribution in [-0.2, 0) is 4.79 Å². The van der Waals surface area contributed by atoms with Crippen molar-refractivity contribution in [1.82, 2.24) is 4.90 Å². The van der Waals surface area contributed by atoms with Gasteiger partial charge < -0.3 is 15.5 Å². The van der Waals surface area contributed by atoms with Crippen molar-refractivity contribution in [3.8, 4) is 0 Å². The molecule has 0 fully saturated rings. The molecule has 0 unspecified atom stereocenters. The minimum Gasteiger partial charge on any atom is -0.378 e. The summed E-state index contributed by atoms with van der Waals surface area (Å²) in [6.07, 6.45) is 6.06. The van der Waals surface area contributed by atoms with Gasteiger partial charge in [-0.05, 0) is 85.3 Å². The predicted octanol–water partition coefficient (Wildman–Crippen LogP) is 6.56. The number of carbonyl (C=O) groups excluding carboxylic acids is 1. The van der Waals surface area contributed by atoms with E-state index in [-0.39, 0.29) is 5.91 Å². The molecule has 0 aliphatic heterocycles. The van der Waals surface area contributed by atoms with Gasteiger partial charge in [-0.25, -0.2) is 9.98 Å². The van der Waals surface area contributed by atoms with Crippen LogP contribution < -0.4 is 10.6 Å². The molecule has 1 aliphatic carbocycles. The molecule has 0 saturated heterocycles. The zero-order valence-corrected chi connectivity index (χ0v) is 20.4. The van der Waals surface area contributed by atoms with E-state index in [1.165, 1.54) is 6.92 Å². The first-order chi connectivity index (χ1) is 16.9. The van der Waals surface area contributed by atoms with E-state index in [1.807, 2.05) is 104 Å². The normalized spacial score (nSPS) is 15.1. The Hall–Kier alpha value is -4.45. The third-order valence-corrected chi connectivity index (χ3v) is 5.41. The molecular weight excluding hydrogens is 434 g/mol. The Morgan fingerprint density at radius 2 is 1.51 bits per heavy atom. The molecule has 1 aliphatic rings. The Kier molecular flexibility index (Phi) is 7.21. The molecule has 3 aromatic rings. The van der Waals surface area contributed by atoms with Crippen molar-refractivity contribution >= 4 is 45.8 Å². The Morgan fingerprint density at radius 1 is 0.800 bits per heavy atom. The summed E-state index contributed by atoms with van der Waals surface area (Å²) in [7, 11) is 4.00. The van der Waals surface area contributed by atoms with Gasteiger partial charge >= 0.3 is 0 Å². The number of allylic oxidation sites excluding steroid dienone is 3. The van der Waals surface area contributed by atoms with Crippen molar-refractivity contribution in [2.75, 3.05) is 24.7 Å². The highest BCUT2D eigenvalue weighted by molar-refractivity contribution is 6.52. The summed E-state index contributed by atoms with van der Waals surface area (Å²) >= 11 is 0. The average Bonchev–Trinajstić information content (AvgIpc) is 2.83. The van der Waals surface area contributed by atoms with E-state index >= 15 is 0 Å². The van der Waals surface area contributed by atoms with Crippen LogP contribution in [0.25, 0.3) is 0 Å². The number of amides is 1. The first-order valence-corrected chi connectivity index (χ1v) is 11.4. The molecule has 1 amide bonds. The van der Waals surface area contributed by atoms with Crippen LogP contribution in [0.1, 0.15) is 12.5 Å². The van der Waals surface area contributed by atoms with Crippen molar-refractivity contribution in [3.63, 3.8) is 0 Å². The zero-order valence-electron chi connectivity index (χ0n) is 20.4. The molecule has 0 saturated carbocycles. The number of hydrogen-bond donors (Lipinski definition) is 2. The van der Waals surface area contributed by atoms with Gasteiger partial charge in [0.25, 0.3) is 0 Å². The highest BCUT2D eigenvalue weighted by Crippen LogP contribution is 2.26. The number of nitrogens with one attached hydrogen (secondary N) is 2. The number of benzene rings is 3. The molecular formula is C29H29N5O. The SMILES string of the molecule is CC(=O)Nc1ccc(N=C2C=C(N(C)C)C=CC2=Nc2ccc(Nc3ccccc3)cc2C)cc1. The minimum absolute atomic E-state index is 0.102. The molecule has 0 atom stereocenters. The smallest absolute Gasteiger partial charge is 0.221 e. The lowest BCUT2D eigenvalue weighted by atomic mass is 10.1. The topological polar surface area (TPSA) is 69.1 Å². The molecule has 35 heavy (non-hydrogen) atoms. The standard InChI is InChI=1S/C29H29N5O/c1-20-18-25(31-22-8-6-5-7-9-22)14-16-27(20)33-28-17-15-26(34(3)4)19-29(28)32-24-12-10-23(11-13-24)30-21(2)35/h5-19,31H,1-4H3,(H,30,35). The molecule has 2 N–H and O–H groups in total. The van der Waals surface area contributed by atoms with Gasteiger partial charge in [-0.15, -0.1) is 0 Å². The van der Waals surface area contributed by atoms with Gasteiger partial charge in [0.15, 0.2) is 0 Å². The molecule has 3 aromatic carbocycles. The number of hydrogen-bond acceptors (Lipinski definition) is 5. The second-order valence-corrected chi connectivity index (χ2v) is 8.51. The Bertz CT molecular complexity index is 1330. The first kappa shape index (κ1) is 23.7. The van der Waals surface area contributed by atoms with Gasteiger partial charge in [0.1, 0.15) is 0 Å². The van der Waals surface area contributed by atoms with Crippen LogP contribution in [-0.4, -0.2) is 36.3 Å². The third kappa shape index (κ3) is 6.32. The second kappa shape index (κ2) is 10.7. The van der Waals surface area contributed by atoms with E-state index in [2.05, 4.69) is 23.6 Å². The fraction of sp³-hybridized carbons (Fsp3) is 0.138. The van der Waals surface area contributed by atoms with Crippen LogP contribution in [0.5, 0.6) is 0 Å². The van der Waals surface area contributed by atoms with E-state index in [4.69, 9.17) is 9.98 Å². The summed E-state index contributed by atoms with van der Waals surface area (Å²) < 4.78 is 0. The van der Waals surface area contributed by atoms with E-state index in [0.29, 0.717) is 0 Å². The van der Waals surface area contributed by atoms with Crippen molar-refractivity contribution in [1.29, 1.82) is 0 Å². The Labute approximate surface area is 206 Å². The van der Waals surface area contributed by atoms with Crippen molar-refractivity contribution in [2.24, 2.45) is 9.98 Å². The number of para-hydroxylation sites is 1. The summed E-state index contributed by atoms with van der Waals surface area (Å²) in [5.74, 6) is -0.102. The fourth-order valence-electron chi connectivity index (χ4n) is 3.61. The molecule has 6 nitrogen and oxygen atoms in total. The monoisotopic (exact) mass is 463 g/mol. The van der Waals surface area contributed by atoms with Crippen LogP contribution in [0, 0.1) is 6.92 Å². The number of rotatable bonds is 6. The molecule has 0 aromatic heterocycles. The quantitative estimate of drug-likeness (QED) is 0.407. The van der Waals surface area contributed by atoms with Crippen LogP contribution in [0.3, 0.4) is 0 Å². The molecule has 6 heteroatoms. The highest BCUT2D eigenvalue weighted by atomic mass is 16.1. The number of likely N-dealkylation sites (N-methyl/N-ethyl adjacent to an activating group) is 1. The van der Waals surface area contributed by atoms with Crippen molar-refractivity contribution in [3.05, 3.63) is 102 Å². The van der Waals surface area contributed by atoms with E-state index in [9.17, 15) is 4.79 Å². The molecule has 0 radical (unpaired) electrons. The minimum atomic E-state index is -0.102. The highest BCUT2D eigenvalue weighted by Gasteiger charge is 2.13. The fourth-order valence-corrected chi connectivity index (χ4v) is 3.61. The van der Waals surface area contributed by atoms with Gasteiger partial charge in [-0.2, -0.15) is 0 Å². The summed E-state index contributed by atoms with van der Waals surface area (Å²) in [5, 5.41) is 6.20. The molecule has 0 heterocycles. The number of carbonyl (C=O) groups is 1. The van der Waals surface area contributed by atoms with Gasteiger partial charge in [-0.1, -0.05) is 18.2 Å². The molecule has 176 valence electrons. The first-order valence-electron chi connectivity index (χ1n) is 11.4. The Morgan fingerprint density at radius 3 is 2.17 bits per heavy atom. The number of anilines is 3. The maximum atomic E-state index is 11.3. The molecule has 0 spiro atoms.